The molecule has 23 heavy (non-hydrogen) atoms. The fraction of sp³-hybridized carbons (Fsp3) is 0.235. The lowest BCUT2D eigenvalue weighted by Gasteiger charge is -2.11. The third-order valence-corrected chi connectivity index (χ3v) is 4.90. The molecular formula is C17H20N2O3S. The molecule has 122 valence electrons. The lowest BCUT2D eigenvalue weighted by molar-refractivity contribution is 0.415. The molecule has 0 aliphatic rings. The molecule has 0 heterocycles. The highest BCUT2D eigenvalue weighted by molar-refractivity contribution is 7.89. The van der Waals surface area contributed by atoms with Gasteiger partial charge in [-0.15, -0.1) is 0 Å². The molecule has 2 aromatic carbocycles. The molecule has 0 aliphatic heterocycles. The van der Waals surface area contributed by atoms with Crippen LogP contribution in [-0.2, 0) is 10.0 Å². The number of sulfonamides is 1. The normalized spacial score (nSPS) is 11.7. The van der Waals surface area contributed by atoms with Crippen molar-refractivity contribution in [2.45, 2.75) is 25.7 Å². The first-order valence-electron chi connectivity index (χ1n) is 7.10. The molecule has 0 saturated carbocycles. The van der Waals surface area contributed by atoms with Crippen LogP contribution in [0.1, 0.15) is 22.3 Å². The van der Waals surface area contributed by atoms with E-state index in [0.717, 1.165) is 16.9 Å². The van der Waals surface area contributed by atoms with Gasteiger partial charge in [-0.3, -0.25) is 0 Å². The number of aryl methyl sites for hydroxylation is 3. The molecule has 5 nitrogen and oxygen atoms in total. The molecule has 2 aromatic rings. The number of nitrogens with one attached hydrogen (secondary N) is 1. The van der Waals surface area contributed by atoms with Crippen molar-refractivity contribution in [1.82, 2.24) is 4.83 Å². The highest BCUT2D eigenvalue weighted by Crippen LogP contribution is 2.21. The van der Waals surface area contributed by atoms with E-state index in [-0.39, 0.29) is 4.90 Å². The first-order valence-corrected chi connectivity index (χ1v) is 8.58. The Balaban J connectivity index is 2.20. The molecule has 2 rings (SSSR count). The van der Waals surface area contributed by atoms with Crippen molar-refractivity contribution in [3.8, 4) is 5.75 Å². The van der Waals surface area contributed by atoms with Crippen molar-refractivity contribution in [1.29, 1.82) is 0 Å². The van der Waals surface area contributed by atoms with Crippen LogP contribution < -0.4 is 9.57 Å². The van der Waals surface area contributed by atoms with Crippen LogP contribution in [0.15, 0.2) is 46.4 Å². The molecule has 0 spiro atoms. The van der Waals surface area contributed by atoms with Gasteiger partial charge in [0.2, 0.25) is 0 Å². The molecule has 0 radical (unpaired) electrons. The second kappa shape index (κ2) is 6.83. The van der Waals surface area contributed by atoms with Gasteiger partial charge in [-0.25, -0.2) is 4.83 Å². The molecule has 0 aromatic heterocycles. The average molecular weight is 332 g/mol. The van der Waals surface area contributed by atoms with Gasteiger partial charge in [0.05, 0.1) is 18.2 Å². The van der Waals surface area contributed by atoms with E-state index >= 15 is 0 Å². The van der Waals surface area contributed by atoms with Crippen LogP contribution in [0.5, 0.6) is 5.75 Å². The molecule has 0 bridgehead atoms. The summed E-state index contributed by atoms with van der Waals surface area (Å²) in [4.78, 5) is 2.54. The van der Waals surface area contributed by atoms with E-state index in [0.29, 0.717) is 11.1 Å². The number of hydrogen-bond donors (Lipinski definition) is 1. The Kier molecular flexibility index (Phi) is 5.05. The van der Waals surface area contributed by atoms with Gasteiger partial charge in [0.1, 0.15) is 5.75 Å². The van der Waals surface area contributed by atoms with Crippen LogP contribution in [-0.4, -0.2) is 21.7 Å². The molecule has 1 N–H and O–H groups in total. The Labute approximate surface area is 137 Å². The predicted molar refractivity (Wildman–Crippen MR) is 91.6 cm³/mol. The number of ether oxygens (including phenoxy) is 1. The van der Waals surface area contributed by atoms with Crippen LogP contribution in [0, 0.1) is 20.8 Å². The minimum Gasteiger partial charge on any atom is -0.497 e. The highest BCUT2D eigenvalue weighted by Gasteiger charge is 2.18. The van der Waals surface area contributed by atoms with E-state index in [1.807, 2.05) is 19.1 Å². The Hall–Kier alpha value is -2.34. The molecule has 0 aliphatic carbocycles. The van der Waals surface area contributed by atoms with Gasteiger partial charge in [0, 0.05) is 0 Å². The van der Waals surface area contributed by atoms with Gasteiger partial charge >= 0.3 is 0 Å². The van der Waals surface area contributed by atoms with Crippen molar-refractivity contribution < 1.29 is 13.2 Å². The third-order valence-electron chi connectivity index (χ3n) is 3.38. The summed E-state index contributed by atoms with van der Waals surface area (Å²) in [6.07, 6.45) is 1.45. The van der Waals surface area contributed by atoms with Crippen molar-refractivity contribution in [2.24, 2.45) is 5.10 Å². The zero-order valence-corrected chi connectivity index (χ0v) is 14.4. The lowest BCUT2D eigenvalue weighted by Crippen LogP contribution is -2.20. The van der Waals surface area contributed by atoms with Crippen LogP contribution in [0.25, 0.3) is 0 Å². The second-order valence-electron chi connectivity index (χ2n) is 5.35. The molecule has 0 saturated heterocycles. The van der Waals surface area contributed by atoms with E-state index in [9.17, 15) is 8.42 Å². The van der Waals surface area contributed by atoms with Gasteiger partial charge in [-0.05, 0) is 61.7 Å². The standard InChI is InChI=1S/C17H20N2O3S/c1-12-9-13(2)17(14(3)10-12)23(20,21)19-18-11-15-5-7-16(22-4)8-6-15/h5-11,19H,1-4H3/b18-11+. The summed E-state index contributed by atoms with van der Waals surface area (Å²) in [5, 5.41) is 3.85. The Morgan fingerprint density at radius 3 is 2.13 bits per heavy atom. The number of nitrogens with zero attached hydrogens (tertiary/aromatic N) is 1. The number of hydrogen-bond acceptors (Lipinski definition) is 4. The summed E-state index contributed by atoms with van der Waals surface area (Å²) in [5.74, 6) is 0.730. The summed E-state index contributed by atoms with van der Waals surface area (Å²) in [6.45, 7) is 5.50. The van der Waals surface area contributed by atoms with Crippen molar-refractivity contribution in [3.05, 3.63) is 58.7 Å². The predicted octanol–water partition coefficient (Wildman–Crippen LogP) is 2.93. The SMILES string of the molecule is COc1ccc(/C=N/NS(=O)(=O)c2c(C)cc(C)cc2C)cc1. The van der Waals surface area contributed by atoms with Crippen LogP contribution in [0.3, 0.4) is 0 Å². The monoisotopic (exact) mass is 332 g/mol. The minimum atomic E-state index is -3.69. The van der Waals surface area contributed by atoms with Gasteiger partial charge in [-0.1, -0.05) is 17.7 Å². The van der Waals surface area contributed by atoms with Crippen molar-refractivity contribution >= 4 is 16.2 Å². The number of methoxy groups -OCH3 is 1. The van der Waals surface area contributed by atoms with Crippen LogP contribution >= 0.6 is 0 Å². The molecule has 6 heteroatoms. The maximum Gasteiger partial charge on any atom is 0.277 e. The molecule has 0 amide bonds. The van der Waals surface area contributed by atoms with Crippen molar-refractivity contribution in [2.75, 3.05) is 7.11 Å². The maximum atomic E-state index is 12.4. The summed E-state index contributed by atoms with van der Waals surface area (Å²) in [6, 6.07) is 10.8. The van der Waals surface area contributed by atoms with Gasteiger partial charge in [0.15, 0.2) is 0 Å². The Morgan fingerprint density at radius 1 is 1.04 bits per heavy atom. The zero-order valence-electron chi connectivity index (χ0n) is 13.6. The van der Waals surface area contributed by atoms with Gasteiger partial charge < -0.3 is 4.74 Å². The van der Waals surface area contributed by atoms with E-state index in [4.69, 9.17) is 4.74 Å². The molecule has 0 atom stereocenters. The molecule has 0 fully saturated rings. The van der Waals surface area contributed by atoms with Crippen LogP contribution in [0.4, 0.5) is 0 Å². The topological polar surface area (TPSA) is 67.8 Å². The quantitative estimate of drug-likeness (QED) is 0.676. The smallest absolute Gasteiger partial charge is 0.277 e. The minimum absolute atomic E-state index is 0.273. The fourth-order valence-corrected chi connectivity index (χ4v) is 3.74. The van der Waals surface area contributed by atoms with E-state index in [1.54, 1.807) is 45.2 Å². The summed E-state index contributed by atoms with van der Waals surface area (Å²) in [5.41, 5.74) is 3.20. The maximum absolute atomic E-state index is 12.4. The number of rotatable bonds is 5. The summed E-state index contributed by atoms with van der Waals surface area (Å²) in [7, 11) is -2.11. The van der Waals surface area contributed by atoms with E-state index in [1.165, 1.54) is 6.21 Å². The fourth-order valence-electron chi connectivity index (χ4n) is 2.50. The van der Waals surface area contributed by atoms with Crippen molar-refractivity contribution in [3.63, 3.8) is 0 Å². The Morgan fingerprint density at radius 2 is 1.61 bits per heavy atom. The summed E-state index contributed by atoms with van der Waals surface area (Å²) < 4.78 is 29.9. The number of benzene rings is 2. The lowest BCUT2D eigenvalue weighted by atomic mass is 10.1. The first-order chi connectivity index (χ1) is 10.8. The Bertz CT molecular complexity index is 802. The third kappa shape index (κ3) is 4.10. The molecule has 0 unspecified atom stereocenters. The zero-order chi connectivity index (χ0) is 17.0. The van der Waals surface area contributed by atoms with E-state index < -0.39 is 10.0 Å². The van der Waals surface area contributed by atoms with Gasteiger partial charge in [-0.2, -0.15) is 13.5 Å². The highest BCUT2D eigenvalue weighted by atomic mass is 32.2. The second-order valence-corrected chi connectivity index (χ2v) is 6.95. The summed E-state index contributed by atoms with van der Waals surface area (Å²) >= 11 is 0. The molecular weight excluding hydrogens is 312 g/mol. The largest absolute Gasteiger partial charge is 0.497 e. The van der Waals surface area contributed by atoms with Gasteiger partial charge in [0.25, 0.3) is 10.0 Å². The number of hydrazone groups is 1. The average Bonchev–Trinajstić information content (AvgIpc) is 2.46. The van der Waals surface area contributed by atoms with E-state index in [2.05, 4.69) is 9.93 Å². The first kappa shape index (κ1) is 17.0. The van der Waals surface area contributed by atoms with Crippen LogP contribution in [0.2, 0.25) is 0 Å².